The van der Waals surface area contributed by atoms with Crippen LogP contribution in [0.15, 0.2) is 52.2 Å². The zero-order chi connectivity index (χ0) is 18.6. The second-order valence-corrected chi connectivity index (χ2v) is 7.52. The first-order valence-electron chi connectivity index (χ1n) is 8.39. The Morgan fingerprint density at radius 1 is 1.11 bits per heavy atom. The summed E-state index contributed by atoms with van der Waals surface area (Å²) in [5.74, 6) is 2.20. The highest BCUT2D eigenvalue weighted by atomic mass is 32.2. The maximum absolute atomic E-state index is 5.46. The van der Waals surface area contributed by atoms with Crippen LogP contribution in [0.1, 0.15) is 17.7 Å². The average Bonchev–Trinajstić information content (AvgIpc) is 3.40. The van der Waals surface area contributed by atoms with E-state index in [-0.39, 0.29) is 0 Å². The number of aromatic nitrogens is 5. The van der Waals surface area contributed by atoms with Crippen molar-refractivity contribution >= 4 is 23.1 Å². The van der Waals surface area contributed by atoms with E-state index in [2.05, 4.69) is 20.4 Å². The molecule has 0 bridgehead atoms. The number of ether oxygens (including phenoxy) is 1. The van der Waals surface area contributed by atoms with Crippen LogP contribution in [0.3, 0.4) is 0 Å². The molecule has 0 aliphatic carbocycles. The second kappa shape index (κ2) is 7.93. The molecule has 0 aliphatic rings. The van der Waals surface area contributed by atoms with Gasteiger partial charge < -0.3 is 9.15 Å². The lowest BCUT2D eigenvalue weighted by Crippen LogP contribution is -1.99. The molecule has 0 aliphatic heterocycles. The van der Waals surface area contributed by atoms with Gasteiger partial charge in [-0.15, -0.1) is 20.4 Å². The molecule has 138 valence electrons. The first-order valence-corrected chi connectivity index (χ1v) is 10.2. The summed E-state index contributed by atoms with van der Waals surface area (Å²) >= 11 is 3.01. The van der Waals surface area contributed by atoms with Crippen molar-refractivity contribution in [2.24, 2.45) is 0 Å². The molecule has 0 saturated heterocycles. The van der Waals surface area contributed by atoms with Crippen LogP contribution in [0.4, 0.5) is 0 Å². The summed E-state index contributed by atoms with van der Waals surface area (Å²) in [7, 11) is 0. The molecule has 0 N–H and O–H groups in total. The molecular formula is C18H17N5O2S2. The van der Waals surface area contributed by atoms with Crippen molar-refractivity contribution in [3.8, 4) is 22.3 Å². The molecule has 3 heterocycles. The monoisotopic (exact) mass is 399 g/mol. The van der Waals surface area contributed by atoms with Crippen molar-refractivity contribution in [2.45, 2.75) is 24.8 Å². The lowest BCUT2D eigenvalue weighted by atomic mass is 10.2. The van der Waals surface area contributed by atoms with E-state index in [9.17, 15) is 0 Å². The smallest absolute Gasteiger partial charge is 0.294 e. The summed E-state index contributed by atoms with van der Waals surface area (Å²) in [6, 6.07) is 11.9. The normalized spacial score (nSPS) is 11.0. The maximum Gasteiger partial charge on any atom is 0.294 e. The number of thioether (sulfide) groups is 1. The standard InChI is InChI=1S/C18H17N5O2S2/c1-3-24-18-22-19-15(27-18)11-26-17-21-20-16(14-9-10-25-12(14)2)23(17)13-7-5-4-6-8-13/h4-10H,3,11H2,1-2H3. The van der Waals surface area contributed by atoms with E-state index >= 15 is 0 Å². The van der Waals surface area contributed by atoms with Gasteiger partial charge in [-0.05, 0) is 32.0 Å². The van der Waals surface area contributed by atoms with Gasteiger partial charge >= 0.3 is 0 Å². The van der Waals surface area contributed by atoms with Crippen molar-refractivity contribution < 1.29 is 9.15 Å². The molecule has 27 heavy (non-hydrogen) atoms. The third-order valence-electron chi connectivity index (χ3n) is 3.79. The molecule has 4 aromatic rings. The molecule has 7 nitrogen and oxygen atoms in total. The first kappa shape index (κ1) is 17.7. The SMILES string of the molecule is CCOc1nnc(CSc2nnc(-c3ccoc3C)n2-c2ccccc2)s1. The Kier molecular flexibility index (Phi) is 5.21. The maximum atomic E-state index is 5.46. The number of rotatable bonds is 7. The highest BCUT2D eigenvalue weighted by molar-refractivity contribution is 7.98. The lowest BCUT2D eigenvalue weighted by molar-refractivity contribution is 0.335. The fourth-order valence-electron chi connectivity index (χ4n) is 2.57. The van der Waals surface area contributed by atoms with E-state index in [4.69, 9.17) is 9.15 Å². The van der Waals surface area contributed by atoms with E-state index < -0.39 is 0 Å². The number of furan rings is 1. The molecule has 0 atom stereocenters. The van der Waals surface area contributed by atoms with E-state index in [1.165, 1.54) is 11.3 Å². The van der Waals surface area contributed by atoms with Crippen molar-refractivity contribution in [2.75, 3.05) is 6.61 Å². The fourth-order valence-corrected chi connectivity index (χ4v) is 4.25. The van der Waals surface area contributed by atoms with Crippen LogP contribution >= 0.6 is 23.1 Å². The molecule has 0 unspecified atom stereocenters. The molecule has 0 saturated carbocycles. The molecule has 3 aromatic heterocycles. The molecule has 0 amide bonds. The predicted octanol–water partition coefficient (Wildman–Crippen LogP) is 4.38. The largest absolute Gasteiger partial charge is 0.469 e. The van der Waals surface area contributed by atoms with Gasteiger partial charge in [-0.1, -0.05) is 41.3 Å². The van der Waals surface area contributed by atoms with E-state index in [1.54, 1.807) is 18.0 Å². The number of aryl methyl sites for hydroxylation is 1. The molecule has 0 fully saturated rings. The van der Waals surface area contributed by atoms with Crippen molar-refractivity contribution in [1.82, 2.24) is 25.0 Å². The predicted molar refractivity (Wildman–Crippen MR) is 104 cm³/mol. The van der Waals surface area contributed by atoms with Gasteiger partial charge in [0.25, 0.3) is 5.19 Å². The van der Waals surface area contributed by atoms with Gasteiger partial charge in [-0.3, -0.25) is 4.57 Å². The van der Waals surface area contributed by atoms with Crippen LogP contribution in [0.25, 0.3) is 17.1 Å². The molecule has 9 heteroatoms. The topological polar surface area (TPSA) is 78.9 Å². The zero-order valence-electron chi connectivity index (χ0n) is 14.8. The van der Waals surface area contributed by atoms with Crippen LogP contribution in [0.5, 0.6) is 5.19 Å². The number of hydrogen-bond donors (Lipinski definition) is 0. The van der Waals surface area contributed by atoms with E-state index in [1.807, 2.05) is 54.8 Å². The third-order valence-corrected chi connectivity index (χ3v) is 5.75. The summed E-state index contributed by atoms with van der Waals surface area (Å²) in [5.41, 5.74) is 1.92. The number of hydrogen-bond acceptors (Lipinski definition) is 8. The number of benzene rings is 1. The van der Waals surface area contributed by atoms with Crippen LogP contribution in [-0.2, 0) is 5.75 Å². The van der Waals surface area contributed by atoms with Gasteiger partial charge in [0.05, 0.1) is 24.2 Å². The van der Waals surface area contributed by atoms with Crippen molar-refractivity contribution in [3.05, 3.63) is 53.4 Å². The first-order chi connectivity index (χ1) is 13.3. The quantitative estimate of drug-likeness (QED) is 0.427. The summed E-state index contributed by atoms with van der Waals surface area (Å²) in [6.45, 7) is 4.43. The highest BCUT2D eigenvalue weighted by Crippen LogP contribution is 2.32. The van der Waals surface area contributed by atoms with Crippen molar-refractivity contribution in [1.29, 1.82) is 0 Å². The highest BCUT2D eigenvalue weighted by Gasteiger charge is 2.19. The lowest BCUT2D eigenvalue weighted by Gasteiger charge is -2.09. The summed E-state index contributed by atoms with van der Waals surface area (Å²) in [6.07, 6.45) is 1.66. The Morgan fingerprint density at radius 3 is 2.70 bits per heavy atom. The van der Waals surface area contributed by atoms with Crippen LogP contribution in [0.2, 0.25) is 0 Å². The third kappa shape index (κ3) is 3.74. The van der Waals surface area contributed by atoms with E-state index in [0.29, 0.717) is 17.6 Å². The zero-order valence-corrected chi connectivity index (χ0v) is 16.5. The summed E-state index contributed by atoms with van der Waals surface area (Å²) in [5, 5.41) is 19.3. The minimum absolute atomic E-state index is 0.581. The molecule has 0 radical (unpaired) electrons. The Morgan fingerprint density at radius 2 is 1.96 bits per heavy atom. The van der Waals surface area contributed by atoms with Gasteiger partial charge in [-0.25, -0.2) is 0 Å². The Balaban J connectivity index is 1.66. The molecular weight excluding hydrogens is 382 g/mol. The molecule has 1 aromatic carbocycles. The molecule has 4 rings (SSSR count). The number of nitrogens with zero attached hydrogens (tertiary/aromatic N) is 5. The minimum Gasteiger partial charge on any atom is -0.469 e. The minimum atomic E-state index is 0.581. The Bertz CT molecular complexity index is 1030. The Labute approximate surface area is 164 Å². The van der Waals surface area contributed by atoms with Gasteiger partial charge in [-0.2, -0.15) is 0 Å². The summed E-state index contributed by atoms with van der Waals surface area (Å²) in [4.78, 5) is 0. The van der Waals surface area contributed by atoms with Gasteiger partial charge in [0.1, 0.15) is 10.8 Å². The average molecular weight is 400 g/mol. The van der Waals surface area contributed by atoms with E-state index in [0.717, 1.165) is 33.0 Å². The summed E-state index contributed by atoms with van der Waals surface area (Å²) < 4.78 is 12.9. The Hall–Kier alpha value is -2.65. The van der Waals surface area contributed by atoms with Gasteiger partial charge in [0.15, 0.2) is 11.0 Å². The van der Waals surface area contributed by atoms with Crippen LogP contribution < -0.4 is 4.74 Å². The van der Waals surface area contributed by atoms with Crippen LogP contribution in [-0.4, -0.2) is 31.6 Å². The number of para-hydroxylation sites is 1. The van der Waals surface area contributed by atoms with Crippen molar-refractivity contribution in [3.63, 3.8) is 0 Å². The van der Waals surface area contributed by atoms with Gasteiger partial charge in [0, 0.05) is 5.69 Å². The second-order valence-electron chi connectivity index (χ2n) is 5.55. The fraction of sp³-hybridized carbons (Fsp3) is 0.222. The molecule has 0 spiro atoms. The van der Waals surface area contributed by atoms with Gasteiger partial charge in [0.2, 0.25) is 0 Å². The van der Waals surface area contributed by atoms with Crippen LogP contribution in [0, 0.1) is 6.92 Å².